The summed E-state index contributed by atoms with van der Waals surface area (Å²) in [4.78, 5) is 28.5. The van der Waals surface area contributed by atoms with E-state index in [1.807, 2.05) is 68.4 Å². The van der Waals surface area contributed by atoms with Gasteiger partial charge in [-0.3, -0.25) is 13.9 Å². The number of nitrogens with one attached hydrogen (secondary N) is 1. The van der Waals surface area contributed by atoms with Crippen molar-refractivity contribution in [3.05, 3.63) is 95.6 Å². The van der Waals surface area contributed by atoms with Gasteiger partial charge < -0.3 is 15.0 Å². The lowest BCUT2D eigenvalue weighted by Gasteiger charge is -2.32. The predicted molar refractivity (Wildman–Crippen MR) is 159 cm³/mol. The second kappa shape index (κ2) is 14.5. The predicted octanol–water partition coefficient (Wildman–Crippen LogP) is 4.33. The quantitative estimate of drug-likeness (QED) is 0.314. The number of nitrogens with zero attached hydrogens (tertiary/aromatic N) is 2. The molecule has 0 bridgehead atoms. The number of benzene rings is 3. The SMILES string of the molecule is CCOc1ccc(N(CCCC(=O)N(Cc2ccccc2C)[C@H](Cc2ccccc2)C(=O)NC)S(C)(=O)=O)cc1. The van der Waals surface area contributed by atoms with Crippen molar-refractivity contribution in [2.45, 2.75) is 45.7 Å². The Bertz CT molecular complexity index is 1360. The van der Waals surface area contributed by atoms with Gasteiger partial charge in [-0.25, -0.2) is 8.42 Å². The van der Waals surface area contributed by atoms with Crippen LogP contribution in [0.2, 0.25) is 0 Å². The van der Waals surface area contributed by atoms with Gasteiger partial charge in [0.2, 0.25) is 21.8 Å². The van der Waals surface area contributed by atoms with E-state index < -0.39 is 16.1 Å². The number of likely N-dealkylation sites (N-methyl/N-ethyl adjacent to an activating group) is 1. The first-order valence-electron chi connectivity index (χ1n) is 13.4. The van der Waals surface area contributed by atoms with E-state index in [9.17, 15) is 18.0 Å². The molecule has 0 aromatic heterocycles. The molecule has 9 heteroatoms. The molecule has 1 atom stereocenters. The van der Waals surface area contributed by atoms with E-state index >= 15 is 0 Å². The Morgan fingerprint density at radius 3 is 2.20 bits per heavy atom. The topological polar surface area (TPSA) is 96.0 Å². The lowest BCUT2D eigenvalue weighted by molar-refractivity contribution is -0.141. The van der Waals surface area contributed by atoms with Crippen molar-refractivity contribution in [2.75, 3.05) is 30.8 Å². The molecule has 0 spiro atoms. The average molecular weight is 566 g/mol. The second-order valence-electron chi connectivity index (χ2n) is 9.63. The number of rotatable bonds is 14. The standard InChI is InChI=1S/C31H39N3O5S/c1-5-39-28-19-17-27(18-20-28)34(40(4,37)38)21-11-16-30(35)33(23-26-15-10-9-12-24(26)2)29(31(36)32-3)22-25-13-7-6-8-14-25/h6-10,12-15,17-20,29H,5,11,16,21-23H2,1-4H3,(H,32,36)/t29-/m1/s1. The number of hydrogen-bond donors (Lipinski definition) is 1. The Labute approximate surface area is 238 Å². The molecule has 8 nitrogen and oxygen atoms in total. The molecule has 0 unspecified atom stereocenters. The highest BCUT2D eigenvalue weighted by atomic mass is 32.2. The third kappa shape index (κ3) is 8.58. The van der Waals surface area contributed by atoms with Gasteiger partial charge in [0.05, 0.1) is 18.6 Å². The molecule has 0 heterocycles. The van der Waals surface area contributed by atoms with Crippen LogP contribution in [0.4, 0.5) is 5.69 Å². The third-order valence-electron chi connectivity index (χ3n) is 6.71. The highest BCUT2D eigenvalue weighted by molar-refractivity contribution is 7.92. The fourth-order valence-corrected chi connectivity index (χ4v) is 5.54. The van der Waals surface area contributed by atoms with Crippen LogP contribution < -0.4 is 14.4 Å². The zero-order valence-electron chi connectivity index (χ0n) is 23.7. The summed E-state index contributed by atoms with van der Waals surface area (Å²) in [6.45, 7) is 4.76. The smallest absolute Gasteiger partial charge is 0.242 e. The lowest BCUT2D eigenvalue weighted by Crippen LogP contribution is -2.50. The summed E-state index contributed by atoms with van der Waals surface area (Å²) in [6.07, 6.45) is 1.88. The Kier molecular flexibility index (Phi) is 11.1. The maximum absolute atomic E-state index is 13.8. The zero-order chi connectivity index (χ0) is 29.1. The van der Waals surface area contributed by atoms with Crippen molar-refractivity contribution in [1.29, 1.82) is 0 Å². The molecule has 40 heavy (non-hydrogen) atoms. The average Bonchev–Trinajstić information content (AvgIpc) is 2.94. The Hall–Kier alpha value is -3.85. The van der Waals surface area contributed by atoms with Crippen molar-refractivity contribution >= 4 is 27.5 Å². The zero-order valence-corrected chi connectivity index (χ0v) is 24.5. The van der Waals surface area contributed by atoms with Gasteiger partial charge in [-0.05, 0) is 61.2 Å². The summed E-state index contributed by atoms with van der Waals surface area (Å²) in [7, 11) is -2.02. The van der Waals surface area contributed by atoms with Gasteiger partial charge in [0.1, 0.15) is 11.8 Å². The Morgan fingerprint density at radius 2 is 1.60 bits per heavy atom. The molecule has 0 aliphatic heterocycles. The molecular weight excluding hydrogens is 526 g/mol. The van der Waals surface area contributed by atoms with Gasteiger partial charge in [0.15, 0.2) is 0 Å². The number of anilines is 1. The van der Waals surface area contributed by atoms with E-state index in [4.69, 9.17) is 4.74 Å². The molecule has 3 aromatic rings. The van der Waals surface area contributed by atoms with Gasteiger partial charge in [-0.15, -0.1) is 0 Å². The summed E-state index contributed by atoms with van der Waals surface area (Å²) < 4.78 is 32.0. The Balaban J connectivity index is 1.83. The molecule has 0 radical (unpaired) electrons. The van der Waals surface area contributed by atoms with Crippen LogP contribution in [0.15, 0.2) is 78.9 Å². The molecule has 1 N–H and O–H groups in total. The van der Waals surface area contributed by atoms with Crippen molar-refractivity contribution in [1.82, 2.24) is 10.2 Å². The fourth-order valence-electron chi connectivity index (χ4n) is 4.57. The van der Waals surface area contributed by atoms with E-state index in [0.29, 0.717) is 24.5 Å². The van der Waals surface area contributed by atoms with E-state index in [1.165, 1.54) is 4.31 Å². The van der Waals surface area contributed by atoms with Gasteiger partial charge in [-0.1, -0.05) is 54.6 Å². The first-order chi connectivity index (χ1) is 19.1. The minimum Gasteiger partial charge on any atom is -0.494 e. The number of carbonyl (C=O) groups excluding carboxylic acids is 2. The summed E-state index contributed by atoms with van der Waals surface area (Å²) >= 11 is 0. The van der Waals surface area contributed by atoms with Gasteiger partial charge in [-0.2, -0.15) is 0 Å². The molecule has 3 aromatic carbocycles. The second-order valence-corrected chi connectivity index (χ2v) is 11.5. The van der Waals surface area contributed by atoms with E-state index in [0.717, 1.165) is 22.9 Å². The van der Waals surface area contributed by atoms with E-state index in [1.54, 1.807) is 36.2 Å². The molecule has 3 rings (SSSR count). The van der Waals surface area contributed by atoms with Crippen LogP contribution >= 0.6 is 0 Å². The van der Waals surface area contributed by atoms with Crippen LogP contribution in [0.3, 0.4) is 0 Å². The van der Waals surface area contributed by atoms with E-state index in [-0.39, 0.29) is 37.7 Å². The maximum atomic E-state index is 13.8. The number of hydrogen-bond acceptors (Lipinski definition) is 5. The monoisotopic (exact) mass is 565 g/mol. The maximum Gasteiger partial charge on any atom is 0.242 e. The van der Waals surface area contributed by atoms with Crippen molar-refractivity contribution in [3.63, 3.8) is 0 Å². The number of amides is 2. The summed E-state index contributed by atoms with van der Waals surface area (Å²) in [5.41, 5.74) is 3.42. The van der Waals surface area contributed by atoms with Crippen LogP contribution in [-0.2, 0) is 32.6 Å². The molecule has 0 aliphatic rings. The van der Waals surface area contributed by atoms with Crippen LogP contribution in [0.5, 0.6) is 5.75 Å². The first kappa shape index (κ1) is 30.7. The number of ether oxygens (including phenoxy) is 1. The molecule has 0 fully saturated rings. The molecular formula is C31H39N3O5S. The lowest BCUT2D eigenvalue weighted by atomic mass is 10.0. The van der Waals surface area contributed by atoms with Crippen molar-refractivity contribution in [2.24, 2.45) is 0 Å². The van der Waals surface area contributed by atoms with Crippen LogP contribution in [0, 0.1) is 6.92 Å². The first-order valence-corrected chi connectivity index (χ1v) is 15.3. The van der Waals surface area contributed by atoms with Crippen LogP contribution in [0.25, 0.3) is 0 Å². The minimum atomic E-state index is -3.59. The molecule has 0 saturated carbocycles. The number of aryl methyl sites for hydroxylation is 1. The van der Waals surface area contributed by atoms with Gasteiger partial charge in [0, 0.05) is 33.0 Å². The van der Waals surface area contributed by atoms with Gasteiger partial charge in [0.25, 0.3) is 0 Å². The highest BCUT2D eigenvalue weighted by Gasteiger charge is 2.30. The summed E-state index contributed by atoms with van der Waals surface area (Å²) in [6, 6.07) is 23.5. The molecule has 2 amide bonds. The normalized spacial score (nSPS) is 11.9. The highest BCUT2D eigenvalue weighted by Crippen LogP contribution is 2.23. The van der Waals surface area contributed by atoms with E-state index in [2.05, 4.69) is 5.32 Å². The molecule has 0 aliphatic carbocycles. The van der Waals surface area contributed by atoms with Crippen molar-refractivity contribution < 1.29 is 22.7 Å². The fraction of sp³-hybridized carbons (Fsp3) is 0.355. The van der Waals surface area contributed by atoms with Crippen LogP contribution in [-0.4, -0.2) is 57.6 Å². The molecule has 0 saturated heterocycles. The summed E-state index contributed by atoms with van der Waals surface area (Å²) in [5.74, 6) is 0.186. The third-order valence-corrected chi connectivity index (χ3v) is 7.90. The number of sulfonamides is 1. The minimum absolute atomic E-state index is 0.0806. The van der Waals surface area contributed by atoms with Crippen molar-refractivity contribution in [3.8, 4) is 5.75 Å². The Morgan fingerprint density at radius 1 is 0.950 bits per heavy atom. The number of carbonyl (C=O) groups is 2. The largest absolute Gasteiger partial charge is 0.494 e. The summed E-state index contributed by atoms with van der Waals surface area (Å²) in [5, 5.41) is 2.72. The van der Waals surface area contributed by atoms with Crippen LogP contribution in [0.1, 0.15) is 36.5 Å². The molecule has 214 valence electrons. The van der Waals surface area contributed by atoms with Gasteiger partial charge >= 0.3 is 0 Å².